The van der Waals surface area contributed by atoms with Gasteiger partial charge < -0.3 is 62.7 Å². The van der Waals surface area contributed by atoms with Crippen LogP contribution in [0.1, 0.15) is 93.9 Å². The van der Waals surface area contributed by atoms with Crippen molar-refractivity contribution < 1.29 is 67.5 Å². The highest BCUT2D eigenvalue weighted by Crippen LogP contribution is 2.47. The molecule has 6 heterocycles. The summed E-state index contributed by atoms with van der Waals surface area (Å²) >= 11 is 0. The summed E-state index contributed by atoms with van der Waals surface area (Å²) < 4.78 is 63.7. The molecular weight excluding hydrogens is 801 g/mol. The first-order valence-electron chi connectivity index (χ1n) is 22.9. The summed E-state index contributed by atoms with van der Waals surface area (Å²) in [5.74, 6) is -2.56. The predicted molar refractivity (Wildman–Crippen MR) is 227 cm³/mol. The van der Waals surface area contributed by atoms with Crippen LogP contribution in [0.25, 0.3) is 0 Å². The molecule has 0 aromatic rings. The number of ether oxygens (including phenoxy) is 10. The van der Waals surface area contributed by atoms with Crippen molar-refractivity contribution in [3.05, 3.63) is 59.3 Å². The van der Waals surface area contributed by atoms with Gasteiger partial charge in [0.2, 0.25) is 0 Å². The number of carbonyl (C=O) groups is 1. The Bertz CT molecular complexity index is 1730. The predicted octanol–water partition coefficient (Wildman–Crippen LogP) is 5.38. The van der Waals surface area contributed by atoms with Crippen LogP contribution in [0.5, 0.6) is 0 Å². The van der Waals surface area contributed by atoms with Crippen LogP contribution >= 0.6 is 0 Å². The van der Waals surface area contributed by atoms with E-state index in [1.165, 1.54) is 0 Å². The minimum Gasteiger partial charge on any atom is -0.462 e. The molecule has 1 spiro atoms. The lowest BCUT2D eigenvalue weighted by Crippen LogP contribution is -2.58. The van der Waals surface area contributed by atoms with E-state index in [0.29, 0.717) is 43.3 Å². The first kappa shape index (κ1) is 47.6. The second kappa shape index (κ2) is 19.7. The molecule has 4 saturated heterocycles. The molecule has 14 heteroatoms. The van der Waals surface area contributed by atoms with E-state index in [1.54, 1.807) is 40.2 Å². The minimum absolute atomic E-state index is 0.0317. The fourth-order valence-electron chi connectivity index (χ4n) is 10.6. The van der Waals surface area contributed by atoms with Crippen molar-refractivity contribution in [2.75, 3.05) is 20.8 Å². The Morgan fingerprint density at radius 3 is 2.32 bits per heavy atom. The van der Waals surface area contributed by atoms with Crippen molar-refractivity contribution in [2.45, 2.75) is 191 Å². The van der Waals surface area contributed by atoms with Crippen molar-refractivity contribution >= 4 is 5.97 Å². The molecule has 0 amide bonds. The summed E-state index contributed by atoms with van der Waals surface area (Å²) in [5.41, 5.74) is 0.134. The van der Waals surface area contributed by atoms with Crippen molar-refractivity contribution in [2.24, 2.45) is 23.7 Å². The van der Waals surface area contributed by atoms with Gasteiger partial charge >= 0.3 is 5.97 Å². The maximum atomic E-state index is 14.3. The zero-order valence-corrected chi connectivity index (χ0v) is 38.2. The van der Waals surface area contributed by atoms with Crippen LogP contribution in [-0.4, -0.2) is 139 Å². The number of methoxy groups -OCH3 is 2. The molecule has 4 fully saturated rings. The topological polar surface area (TPSA) is 170 Å². The van der Waals surface area contributed by atoms with Gasteiger partial charge in [0.1, 0.15) is 42.0 Å². The third kappa shape index (κ3) is 9.64. The Morgan fingerprint density at radius 1 is 0.887 bits per heavy atom. The van der Waals surface area contributed by atoms with Gasteiger partial charge in [-0.05, 0) is 62.8 Å². The number of allylic oxidation sites excluding steroid dienone is 2. The van der Waals surface area contributed by atoms with Crippen molar-refractivity contribution in [3.63, 3.8) is 0 Å². The highest BCUT2D eigenvalue weighted by atomic mass is 16.7. The van der Waals surface area contributed by atoms with E-state index in [4.69, 9.17) is 47.4 Å². The largest absolute Gasteiger partial charge is 0.462 e. The van der Waals surface area contributed by atoms with Crippen LogP contribution in [0.2, 0.25) is 0 Å². The quantitative estimate of drug-likeness (QED) is 0.210. The minimum atomic E-state index is -1.84. The molecule has 14 nitrogen and oxygen atoms in total. The molecular formula is C48H72O14. The molecule has 20 atom stereocenters. The lowest BCUT2D eigenvalue weighted by Gasteiger charge is -2.48. The summed E-state index contributed by atoms with van der Waals surface area (Å²) in [5, 5.41) is 34.2. The molecule has 1 aliphatic carbocycles. The number of fused-ring (bicyclic) bond motifs is 2. The summed E-state index contributed by atoms with van der Waals surface area (Å²) in [6, 6.07) is 0. The average molecular weight is 873 g/mol. The van der Waals surface area contributed by atoms with E-state index < -0.39 is 90.8 Å². The summed E-state index contributed by atoms with van der Waals surface area (Å²) in [6.07, 6.45) is 8.55. The fraction of sp³-hybridized carbons (Fsp3) is 0.771. The summed E-state index contributed by atoms with van der Waals surface area (Å²) in [6.45, 7) is 16.1. The number of esters is 1. The lowest BCUT2D eigenvalue weighted by molar-refractivity contribution is -0.318. The van der Waals surface area contributed by atoms with Crippen LogP contribution in [0, 0.1) is 23.7 Å². The zero-order chi connectivity index (χ0) is 44.7. The van der Waals surface area contributed by atoms with Crippen molar-refractivity contribution in [1.29, 1.82) is 0 Å². The van der Waals surface area contributed by atoms with E-state index in [9.17, 15) is 20.1 Å². The second-order valence-electron chi connectivity index (χ2n) is 19.0. The van der Waals surface area contributed by atoms with Gasteiger partial charge in [0.15, 0.2) is 18.4 Å². The number of aliphatic hydroxyl groups is 3. The molecule has 7 rings (SSSR count). The Morgan fingerprint density at radius 2 is 1.60 bits per heavy atom. The van der Waals surface area contributed by atoms with Crippen LogP contribution in [0.4, 0.5) is 0 Å². The van der Waals surface area contributed by atoms with Gasteiger partial charge in [0.05, 0.1) is 49.3 Å². The molecule has 0 aromatic carbocycles. The molecule has 0 radical (unpaired) electrons. The maximum Gasteiger partial charge on any atom is 0.316 e. The molecule has 7 aliphatic rings. The molecule has 6 aliphatic heterocycles. The first-order chi connectivity index (χ1) is 29.5. The average Bonchev–Trinajstić information content (AvgIpc) is 3.58. The molecule has 2 unspecified atom stereocenters. The van der Waals surface area contributed by atoms with Gasteiger partial charge in [0, 0.05) is 51.7 Å². The number of rotatable bonds is 8. The van der Waals surface area contributed by atoms with Crippen LogP contribution < -0.4 is 0 Å². The Hall–Kier alpha value is -2.31. The number of hydrogen-bond acceptors (Lipinski definition) is 14. The van der Waals surface area contributed by atoms with Crippen LogP contribution in [-0.2, 0) is 52.2 Å². The van der Waals surface area contributed by atoms with Gasteiger partial charge in [0.25, 0.3) is 0 Å². The molecule has 0 aromatic heterocycles. The summed E-state index contributed by atoms with van der Waals surface area (Å²) in [4.78, 5) is 14.3. The van der Waals surface area contributed by atoms with Crippen molar-refractivity contribution in [1.82, 2.24) is 0 Å². The van der Waals surface area contributed by atoms with Gasteiger partial charge in [-0.1, -0.05) is 70.6 Å². The number of carbonyl (C=O) groups excluding carboxylic acids is 1. The lowest BCUT2D eigenvalue weighted by atomic mass is 9.71. The fourth-order valence-corrected chi connectivity index (χ4v) is 10.6. The zero-order valence-electron chi connectivity index (χ0n) is 38.2. The van der Waals surface area contributed by atoms with Gasteiger partial charge in [-0.15, -0.1) is 0 Å². The third-order valence-corrected chi connectivity index (χ3v) is 14.5. The number of aliphatic hydroxyl groups excluding tert-OH is 2. The second-order valence-corrected chi connectivity index (χ2v) is 19.0. The molecule has 0 saturated carbocycles. The normalized spacial score (nSPS) is 49.1. The number of hydrogen-bond donors (Lipinski definition) is 3. The van der Waals surface area contributed by atoms with Gasteiger partial charge in [-0.2, -0.15) is 0 Å². The Balaban J connectivity index is 1.18. The smallest absolute Gasteiger partial charge is 0.316 e. The van der Waals surface area contributed by atoms with E-state index in [0.717, 1.165) is 12.0 Å². The van der Waals surface area contributed by atoms with Crippen LogP contribution in [0.3, 0.4) is 0 Å². The van der Waals surface area contributed by atoms with Gasteiger partial charge in [-0.3, -0.25) is 4.79 Å². The SMILES string of the molecule is CC[C@H](C)C1O[C@]2(C=C[C@@H]1C)C[C@@H]1C[C@@H](C/C=C(\C)[C@@H](O[C@H]3C[C@H](OC)[C@@H](O[C@H]4C[C@H](OC)[C@@H](O)[C@H](C)O4)[C@H](C)O3)[C@@H](C)/C=C/C=C3\CO[C@@H]4[C@H](O)C(C)=CC(C(=O)O1)[C@]34O)O2. The molecule has 2 bridgehead atoms. The monoisotopic (exact) mass is 872 g/mol. The molecule has 348 valence electrons. The first-order valence-corrected chi connectivity index (χ1v) is 22.9. The maximum absolute atomic E-state index is 14.3. The van der Waals surface area contributed by atoms with E-state index in [1.807, 2.05) is 32.1 Å². The third-order valence-electron chi connectivity index (χ3n) is 14.5. The summed E-state index contributed by atoms with van der Waals surface area (Å²) in [7, 11) is 3.22. The Labute approximate surface area is 367 Å². The van der Waals surface area contributed by atoms with Crippen molar-refractivity contribution in [3.8, 4) is 0 Å². The standard InChI is InChI=1S/C48H72O14/c1-11-25(2)43-28(5)17-18-47(62-43)23-34-20-33(61-47)16-15-27(4)42(26(3)13-12-14-32-24-55-45-40(49)29(6)19-35(46(51)58-34)48(32,45)52)59-39-22-37(54-10)44(31(8)57-39)60-38-21-36(53-9)41(50)30(7)56-38/h12-15,17-19,25-26,28,30-31,33-45,49-50,52H,11,16,20-24H2,1-10H3/b13-12+,27-15+,32-14+/t25-,26-,28-,30-,31-,33+,34-,35?,36-,37-,38-,39-,40+,41-,42-,43?,44-,45+,47+,48+/m0/s1. The van der Waals surface area contributed by atoms with Crippen LogP contribution in [0.15, 0.2) is 59.3 Å². The molecule has 3 N–H and O–H groups in total. The highest BCUT2D eigenvalue weighted by molar-refractivity contribution is 5.78. The van der Waals surface area contributed by atoms with E-state index >= 15 is 0 Å². The highest BCUT2D eigenvalue weighted by Gasteiger charge is 2.60. The van der Waals surface area contributed by atoms with E-state index in [-0.39, 0.29) is 42.7 Å². The Kier molecular flexibility index (Phi) is 15.1. The van der Waals surface area contributed by atoms with E-state index in [2.05, 4.69) is 39.8 Å². The molecule has 62 heavy (non-hydrogen) atoms. The van der Waals surface area contributed by atoms with Gasteiger partial charge in [-0.25, -0.2) is 0 Å².